The lowest BCUT2D eigenvalue weighted by atomic mass is 10.1. The van der Waals surface area contributed by atoms with E-state index in [2.05, 4.69) is 10.1 Å². The maximum absolute atomic E-state index is 5.84. The van der Waals surface area contributed by atoms with E-state index >= 15 is 0 Å². The van der Waals surface area contributed by atoms with E-state index in [4.69, 9.17) is 15.0 Å². The zero-order chi connectivity index (χ0) is 12.3. The van der Waals surface area contributed by atoms with Gasteiger partial charge in [-0.3, -0.25) is 0 Å². The van der Waals surface area contributed by atoms with Crippen molar-refractivity contribution >= 4 is 12.4 Å². The molecule has 0 spiro atoms. The Labute approximate surface area is 112 Å². The van der Waals surface area contributed by atoms with E-state index < -0.39 is 5.54 Å². The Morgan fingerprint density at radius 1 is 1.28 bits per heavy atom. The summed E-state index contributed by atoms with van der Waals surface area (Å²) in [6.07, 6.45) is 0. The van der Waals surface area contributed by atoms with Gasteiger partial charge in [0, 0.05) is 0 Å². The Balaban J connectivity index is 0.00000162. The number of aromatic nitrogens is 2. The molecule has 0 bridgehead atoms. The van der Waals surface area contributed by atoms with E-state index in [1.807, 2.05) is 44.2 Å². The molecule has 18 heavy (non-hydrogen) atoms. The third kappa shape index (κ3) is 3.72. The van der Waals surface area contributed by atoms with Crippen LogP contribution in [0.15, 0.2) is 34.9 Å². The molecular formula is C12H16ClN3O2. The molecule has 1 aromatic heterocycles. The minimum atomic E-state index is -0.627. The molecule has 0 saturated carbocycles. The fourth-order valence-electron chi connectivity index (χ4n) is 1.24. The van der Waals surface area contributed by atoms with Crippen LogP contribution in [0.3, 0.4) is 0 Å². The number of benzene rings is 1. The van der Waals surface area contributed by atoms with E-state index in [0.717, 1.165) is 5.75 Å². The molecule has 0 atom stereocenters. The third-order valence-electron chi connectivity index (χ3n) is 2.13. The number of hydrogen-bond acceptors (Lipinski definition) is 5. The van der Waals surface area contributed by atoms with Gasteiger partial charge in [-0.1, -0.05) is 23.4 Å². The van der Waals surface area contributed by atoms with Crippen molar-refractivity contribution < 1.29 is 9.26 Å². The number of rotatable bonds is 4. The molecule has 0 saturated heterocycles. The molecule has 6 heteroatoms. The number of para-hydroxylation sites is 1. The molecule has 0 aliphatic heterocycles. The summed E-state index contributed by atoms with van der Waals surface area (Å²) in [6.45, 7) is 3.88. The second-order valence-corrected chi connectivity index (χ2v) is 4.34. The molecule has 0 fully saturated rings. The van der Waals surface area contributed by atoms with Crippen LogP contribution in [-0.4, -0.2) is 10.1 Å². The highest BCUT2D eigenvalue weighted by Gasteiger charge is 2.22. The molecule has 0 radical (unpaired) electrons. The van der Waals surface area contributed by atoms with Gasteiger partial charge in [-0.05, 0) is 26.0 Å². The number of nitrogens with zero attached hydrogens (tertiary/aromatic N) is 2. The summed E-state index contributed by atoms with van der Waals surface area (Å²) in [4.78, 5) is 4.17. The molecule has 98 valence electrons. The minimum absolute atomic E-state index is 0. The van der Waals surface area contributed by atoms with Gasteiger partial charge in [-0.15, -0.1) is 12.4 Å². The van der Waals surface area contributed by atoms with Crippen LogP contribution in [0.1, 0.15) is 25.6 Å². The molecule has 2 N–H and O–H groups in total. The summed E-state index contributed by atoms with van der Waals surface area (Å²) >= 11 is 0. The lowest BCUT2D eigenvalue weighted by Crippen LogP contribution is -2.29. The number of nitrogens with two attached hydrogens (primary N) is 1. The molecule has 2 aromatic rings. The smallest absolute Gasteiger partial charge is 0.246 e. The van der Waals surface area contributed by atoms with Crippen molar-refractivity contribution in [1.29, 1.82) is 0 Å². The van der Waals surface area contributed by atoms with Crippen molar-refractivity contribution in [2.24, 2.45) is 5.73 Å². The highest BCUT2D eigenvalue weighted by molar-refractivity contribution is 5.85. The maximum atomic E-state index is 5.84. The topological polar surface area (TPSA) is 74.2 Å². The SMILES string of the molecule is CC(C)(N)c1nc(COc2ccccc2)no1.Cl. The van der Waals surface area contributed by atoms with Crippen LogP contribution < -0.4 is 10.5 Å². The van der Waals surface area contributed by atoms with Crippen LogP contribution >= 0.6 is 12.4 Å². The molecule has 0 aliphatic rings. The summed E-state index contributed by atoms with van der Waals surface area (Å²) in [7, 11) is 0. The normalized spacial score (nSPS) is 10.8. The van der Waals surface area contributed by atoms with Crippen LogP contribution in [-0.2, 0) is 12.1 Å². The maximum Gasteiger partial charge on any atom is 0.246 e. The van der Waals surface area contributed by atoms with Gasteiger partial charge in [-0.25, -0.2) is 0 Å². The van der Waals surface area contributed by atoms with Gasteiger partial charge in [0.25, 0.3) is 0 Å². The zero-order valence-electron chi connectivity index (χ0n) is 10.3. The summed E-state index contributed by atoms with van der Waals surface area (Å²) < 4.78 is 10.5. The van der Waals surface area contributed by atoms with Crippen molar-refractivity contribution in [1.82, 2.24) is 10.1 Å². The first-order chi connectivity index (χ1) is 8.05. The van der Waals surface area contributed by atoms with Gasteiger partial charge in [0.05, 0.1) is 5.54 Å². The molecule has 1 aromatic carbocycles. The molecule has 0 amide bonds. The number of halogens is 1. The van der Waals surface area contributed by atoms with Gasteiger partial charge < -0.3 is 15.0 Å². The molecule has 0 unspecified atom stereocenters. The van der Waals surface area contributed by atoms with Crippen LogP contribution in [0.2, 0.25) is 0 Å². The third-order valence-corrected chi connectivity index (χ3v) is 2.13. The zero-order valence-corrected chi connectivity index (χ0v) is 11.1. The average Bonchev–Trinajstić information content (AvgIpc) is 2.76. The van der Waals surface area contributed by atoms with E-state index in [1.165, 1.54) is 0 Å². The average molecular weight is 270 g/mol. The first kappa shape index (κ1) is 14.5. The van der Waals surface area contributed by atoms with Crippen LogP contribution in [0.4, 0.5) is 0 Å². The van der Waals surface area contributed by atoms with Crippen molar-refractivity contribution in [3.63, 3.8) is 0 Å². The monoisotopic (exact) mass is 269 g/mol. The van der Waals surface area contributed by atoms with Gasteiger partial charge in [0.15, 0.2) is 6.61 Å². The quantitative estimate of drug-likeness (QED) is 0.922. The minimum Gasteiger partial charge on any atom is -0.485 e. The summed E-state index contributed by atoms with van der Waals surface area (Å²) in [5.74, 6) is 1.66. The summed E-state index contributed by atoms with van der Waals surface area (Å²) in [5.41, 5.74) is 5.21. The molecule has 0 aliphatic carbocycles. The Morgan fingerprint density at radius 2 is 1.94 bits per heavy atom. The number of hydrogen-bond donors (Lipinski definition) is 1. The second-order valence-electron chi connectivity index (χ2n) is 4.34. The lowest BCUT2D eigenvalue weighted by Gasteiger charge is -2.10. The van der Waals surface area contributed by atoms with Gasteiger partial charge in [0.2, 0.25) is 11.7 Å². The van der Waals surface area contributed by atoms with E-state index in [0.29, 0.717) is 11.7 Å². The predicted molar refractivity (Wildman–Crippen MR) is 69.5 cm³/mol. The molecular weight excluding hydrogens is 254 g/mol. The fraction of sp³-hybridized carbons (Fsp3) is 0.333. The lowest BCUT2D eigenvalue weighted by molar-refractivity contribution is 0.278. The van der Waals surface area contributed by atoms with E-state index in [9.17, 15) is 0 Å². The van der Waals surface area contributed by atoms with Gasteiger partial charge >= 0.3 is 0 Å². The summed E-state index contributed by atoms with van der Waals surface area (Å²) in [6, 6.07) is 9.47. The first-order valence-corrected chi connectivity index (χ1v) is 5.35. The van der Waals surface area contributed by atoms with Crippen LogP contribution in [0.5, 0.6) is 5.75 Å². The Bertz CT molecular complexity index is 480. The molecule has 1 heterocycles. The van der Waals surface area contributed by atoms with Crippen molar-refractivity contribution in [2.75, 3.05) is 0 Å². The van der Waals surface area contributed by atoms with Gasteiger partial charge in [-0.2, -0.15) is 4.98 Å². The van der Waals surface area contributed by atoms with Crippen molar-refractivity contribution in [3.8, 4) is 5.75 Å². The second kappa shape index (κ2) is 5.84. The molecule has 2 rings (SSSR count). The largest absolute Gasteiger partial charge is 0.485 e. The number of ether oxygens (including phenoxy) is 1. The van der Waals surface area contributed by atoms with Crippen LogP contribution in [0.25, 0.3) is 0 Å². The Kier molecular flexibility index (Phi) is 4.69. The highest BCUT2D eigenvalue weighted by atomic mass is 35.5. The summed E-state index contributed by atoms with van der Waals surface area (Å²) in [5, 5.41) is 3.81. The molecule has 5 nitrogen and oxygen atoms in total. The van der Waals surface area contributed by atoms with Crippen molar-refractivity contribution in [3.05, 3.63) is 42.0 Å². The van der Waals surface area contributed by atoms with E-state index in [1.54, 1.807) is 0 Å². The van der Waals surface area contributed by atoms with E-state index in [-0.39, 0.29) is 19.0 Å². The van der Waals surface area contributed by atoms with Crippen LogP contribution in [0, 0.1) is 0 Å². The Hall–Kier alpha value is -1.59. The predicted octanol–water partition coefficient (Wildman–Crippen LogP) is 2.26. The van der Waals surface area contributed by atoms with Gasteiger partial charge in [0.1, 0.15) is 5.75 Å². The highest BCUT2D eigenvalue weighted by Crippen LogP contribution is 2.15. The van der Waals surface area contributed by atoms with Crippen molar-refractivity contribution in [2.45, 2.75) is 26.0 Å². The standard InChI is InChI=1S/C12H15N3O2.ClH/c1-12(2,13)11-14-10(15-17-11)8-16-9-6-4-3-5-7-9;/h3-7H,8,13H2,1-2H3;1H. The Morgan fingerprint density at radius 3 is 2.50 bits per heavy atom. The first-order valence-electron chi connectivity index (χ1n) is 5.35. The fourth-order valence-corrected chi connectivity index (χ4v) is 1.24.